The Hall–Kier alpha value is -2.42. The number of rotatable bonds is 2. The summed E-state index contributed by atoms with van der Waals surface area (Å²) in [5.41, 5.74) is 0.532. The van der Waals surface area contributed by atoms with Crippen LogP contribution in [0.5, 0.6) is 0 Å². The summed E-state index contributed by atoms with van der Waals surface area (Å²) in [6.45, 7) is 0.428. The molecule has 0 radical (unpaired) electrons. The van der Waals surface area contributed by atoms with Crippen molar-refractivity contribution in [2.75, 3.05) is 6.54 Å². The number of carboxylic acid groups (broad SMARTS) is 1. The van der Waals surface area contributed by atoms with Gasteiger partial charge in [-0.1, -0.05) is 0 Å². The maximum absolute atomic E-state index is 12.1. The molecular weight excluding hydrogens is 234 g/mol. The number of amides is 1. The van der Waals surface area contributed by atoms with Gasteiger partial charge in [0.25, 0.3) is 5.91 Å². The average Bonchev–Trinajstić information content (AvgIpc) is 2.87. The molecule has 6 nitrogen and oxygen atoms in total. The SMILES string of the molecule is N#Cc1ccc(C(=O)N2CCCC2C(=O)O)nc1. The number of carbonyl (C=O) groups excluding carboxylic acids is 1. The molecule has 2 heterocycles. The first-order valence-corrected chi connectivity index (χ1v) is 5.53. The van der Waals surface area contributed by atoms with E-state index in [-0.39, 0.29) is 5.69 Å². The van der Waals surface area contributed by atoms with Crippen molar-refractivity contribution in [3.63, 3.8) is 0 Å². The van der Waals surface area contributed by atoms with Crippen LogP contribution in [0.25, 0.3) is 0 Å². The molecule has 6 heteroatoms. The van der Waals surface area contributed by atoms with Gasteiger partial charge in [-0.25, -0.2) is 9.78 Å². The number of pyridine rings is 1. The number of likely N-dealkylation sites (tertiary alicyclic amines) is 1. The van der Waals surface area contributed by atoms with E-state index in [0.29, 0.717) is 24.9 Å². The molecule has 92 valence electrons. The summed E-state index contributed by atoms with van der Waals surface area (Å²) in [7, 11) is 0. The highest BCUT2D eigenvalue weighted by Gasteiger charge is 2.34. The molecule has 2 rings (SSSR count). The van der Waals surface area contributed by atoms with Gasteiger partial charge in [-0.15, -0.1) is 0 Å². The molecule has 0 aliphatic carbocycles. The van der Waals surface area contributed by atoms with Crippen LogP contribution in [0.4, 0.5) is 0 Å². The summed E-state index contributed by atoms with van der Waals surface area (Å²) in [4.78, 5) is 28.3. The number of carboxylic acids is 1. The summed E-state index contributed by atoms with van der Waals surface area (Å²) in [5.74, 6) is -1.39. The minimum Gasteiger partial charge on any atom is -0.480 e. The Labute approximate surface area is 103 Å². The van der Waals surface area contributed by atoms with E-state index >= 15 is 0 Å². The first-order valence-electron chi connectivity index (χ1n) is 5.53. The summed E-state index contributed by atoms with van der Waals surface area (Å²) in [6, 6.07) is 4.07. The molecule has 1 aliphatic heterocycles. The number of aromatic nitrogens is 1. The smallest absolute Gasteiger partial charge is 0.326 e. The van der Waals surface area contributed by atoms with Gasteiger partial charge in [0.05, 0.1) is 5.56 Å². The van der Waals surface area contributed by atoms with Crippen molar-refractivity contribution in [2.24, 2.45) is 0 Å². The number of nitrogens with zero attached hydrogens (tertiary/aromatic N) is 3. The van der Waals surface area contributed by atoms with E-state index in [0.717, 1.165) is 0 Å². The number of hydrogen-bond acceptors (Lipinski definition) is 4. The van der Waals surface area contributed by atoms with Gasteiger partial charge in [-0.3, -0.25) is 4.79 Å². The lowest BCUT2D eigenvalue weighted by Crippen LogP contribution is -2.40. The van der Waals surface area contributed by atoms with Crippen molar-refractivity contribution in [2.45, 2.75) is 18.9 Å². The fraction of sp³-hybridized carbons (Fsp3) is 0.333. The third-order valence-corrected chi connectivity index (χ3v) is 2.91. The van der Waals surface area contributed by atoms with Crippen molar-refractivity contribution in [3.8, 4) is 6.07 Å². The fourth-order valence-electron chi connectivity index (χ4n) is 2.00. The van der Waals surface area contributed by atoms with Crippen LogP contribution >= 0.6 is 0 Å². The highest BCUT2D eigenvalue weighted by molar-refractivity contribution is 5.95. The molecule has 0 aromatic carbocycles. The highest BCUT2D eigenvalue weighted by atomic mass is 16.4. The predicted molar refractivity (Wildman–Crippen MR) is 60.6 cm³/mol. The van der Waals surface area contributed by atoms with Gasteiger partial charge in [0.2, 0.25) is 0 Å². The van der Waals surface area contributed by atoms with Gasteiger partial charge in [0.15, 0.2) is 0 Å². The minimum atomic E-state index is -0.991. The molecule has 0 saturated carbocycles. The van der Waals surface area contributed by atoms with Gasteiger partial charge in [0.1, 0.15) is 17.8 Å². The largest absolute Gasteiger partial charge is 0.480 e. The van der Waals surface area contributed by atoms with Crippen LogP contribution in [-0.4, -0.2) is 39.5 Å². The monoisotopic (exact) mass is 245 g/mol. The van der Waals surface area contributed by atoms with Crippen LogP contribution in [0.3, 0.4) is 0 Å². The lowest BCUT2D eigenvalue weighted by Gasteiger charge is -2.20. The normalized spacial score (nSPS) is 18.4. The van der Waals surface area contributed by atoms with Crippen molar-refractivity contribution >= 4 is 11.9 Å². The molecule has 1 fully saturated rings. The van der Waals surface area contributed by atoms with Crippen LogP contribution in [0.1, 0.15) is 28.9 Å². The molecule has 1 N–H and O–H groups in total. The Balaban J connectivity index is 2.20. The third-order valence-electron chi connectivity index (χ3n) is 2.91. The molecule has 1 aliphatic rings. The Morgan fingerprint density at radius 3 is 2.83 bits per heavy atom. The second-order valence-corrected chi connectivity index (χ2v) is 4.04. The zero-order valence-corrected chi connectivity index (χ0v) is 9.54. The van der Waals surface area contributed by atoms with Crippen LogP contribution in [0.2, 0.25) is 0 Å². The maximum atomic E-state index is 12.1. The summed E-state index contributed by atoms with van der Waals surface area (Å²) in [5, 5.41) is 17.6. The molecule has 1 atom stereocenters. The van der Waals surface area contributed by atoms with Crippen LogP contribution < -0.4 is 0 Å². The van der Waals surface area contributed by atoms with E-state index in [4.69, 9.17) is 10.4 Å². The lowest BCUT2D eigenvalue weighted by atomic mass is 10.2. The van der Waals surface area contributed by atoms with Gasteiger partial charge < -0.3 is 10.0 Å². The maximum Gasteiger partial charge on any atom is 0.326 e. The van der Waals surface area contributed by atoms with Crippen LogP contribution in [0, 0.1) is 11.3 Å². The van der Waals surface area contributed by atoms with E-state index in [1.807, 2.05) is 6.07 Å². The molecule has 1 aromatic rings. The zero-order valence-electron chi connectivity index (χ0n) is 9.54. The molecule has 1 unspecified atom stereocenters. The quantitative estimate of drug-likeness (QED) is 0.825. The third kappa shape index (κ3) is 2.15. The molecule has 1 aromatic heterocycles. The fourth-order valence-corrected chi connectivity index (χ4v) is 2.00. The minimum absolute atomic E-state index is 0.169. The van der Waals surface area contributed by atoms with Gasteiger partial charge in [-0.05, 0) is 25.0 Å². The van der Waals surface area contributed by atoms with Crippen LogP contribution in [-0.2, 0) is 4.79 Å². The van der Waals surface area contributed by atoms with E-state index in [2.05, 4.69) is 4.98 Å². The molecule has 0 bridgehead atoms. The molecular formula is C12H11N3O3. The lowest BCUT2D eigenvalue weighted by molar-refractivity contribution is -0.141. The van der Waals surface area contributed by atoms with E-state index < -0.39 is 17.9 Å². The van der Waals surface area contributed by atoms with Gasteiger partial charge >= 0.3 is 5.97 Å². The number of aliphatic carboxylic acids is 1. The first kappa shape index (κ1) is 12.0. The molecule has 1 saturated heterocycles. The first-order chi connectivity index (χ1) is 8.63. The van der Waals surface area contributed by atoms with Crippen LogP contribution in [0.15, 0.2) is 18.3 Å². The second kappa shape index (κ2) is 4.84. The molecule has 18 heavy (non-hydrogen) atoms. The number of nitriles is 1. The highest BCUT2D eigenvalue weighted by Crippen LogP contribution is 2.19. The predicted octanol–water partition coefficient (Wildman–Crippen LogP) is 0.642. The standard InChI is InChI=1S/C12H11N3O3/c13-6-8-3-4-9(14-7-8)11(16)15-5-1-2-10(15)12(17)18/h3-4,7,10H,1-2,5H2,(H,17,18). The topological polar surface area (TPSA) is 94.3 Å². The molecule has 0 spiro atoms. The zero-order chi connectivity index (χ0) is 13.1. The summed E-state index contributed by atoms with van der Waals surface area (Å²) in [6.07, 6.45) is 2.45. The second-order valence-electron chi connectivity index (χ2n) is 4.04. The Bertz CT molecular complexity index is 518. The van der Waals surface area contributed by atoms with E-state index in [1.54, 1.807) is 0 Å². The molecule has 1 amide bonds. The van der Waals surface area contributed by atoms with Crippen molar-refractivity contribution in [1.82, 2.24) is 9.88 Å². The Morgan fingerprint density at radius 1 is 1.50 bits per heavy atom. The van der Waals surface area contributed by atoms with E-state index in [1.165, 1.54) is 23.2 Å². The Morgan fingerprint density at radius 2 is 2.28 bits per heavy atom. The summed E-state index contributed by atoms with van der Waals surface area (Å²) < 4.78 is 0. The number of hydrogen-bond donors (Lipinski definition) is 1. The van der Waals surface area contributed by atoms with E-state index in [9.17, 15) is 9.59 Å². The number of carbonyl (C=O) groups is 2. The average molecular weight is 245 g/mol. The van der Waals surface area contributed by atoms with Gasteiger partial charge in [-0.2, -0.15) is 5.26 Å². The Kier molecular flexibility index (Phi) is 3.24. The van der Waals surface area contributed by atoms with Crippen molar-refractivity contribution in [1.29, 1.82) is 5.26 Å². The van der Waals surface area contributed by atoms with Gasteiger partial charge in [0, 0.05) is 12.7 Å². The summed E-state index contributed by atoms with van der Waals surface area (Å²) >= 11 is 0. The van der Waals surface area contributed by atoms with Crippen molar-refractivity contribution in [3.05, 3.63) is 29.6 Å². The van der Waals surface area contributed by atoms with Crippen molar-refractivity contribution < 1.29 is 14.7 Å².